The average Bonchev–Trinajstić information content (AvgIpc) is 2.36. The van der Waals surface area contributed by atoms with E-state index in [0.29, 0.717) is 6.61 Å². The molecule has 0 rings (SSSR count). The fraction of sp³-hybridized carbons (Fsp3) is 0.917. The summed E-state index contributed by atoms with van der Waals surface area (Å²) in [4.78, 5) is 10.4. The molecule has 6 heteroatoms. The number of ether oxygens (including phenoxy) is 2. The largest absolute Gasteiger partial charge is 0.466 e. The monoisotopic (exact) mass is 280 g/mol. The Bertz CT molecular complexity index is 193. The first-order valence-electron chi connectivity index (χ1n) is 6.27. The van der Waals surface area contributed by atoms with Crippen molar-refractivity contribution < 1.29 is 23.1 Å². The van der Waals surface area contributed by atoms with Gasteiger partial charge < -0.3 is 18.3 Å². The minimum absolute atomic E-state index is 0.238. The Morgan fingerprint density at radius 1 is 1.11 bits per heavy atom. The van der Waals surface area contributed by atoms with Gasteiger partial charge in [0.05, 0.1) is 6.61 Å². The van der Waals surface area contributed by atoms with Crippen LogP contribution in [0.3, 0.4) is 0 Å². The van der Waals surface area contributed by atoms with Crippen LogP contribution in [0, 0.1) is 0 Å². The molecule has 0 heterocycles. The average molecular weight is 280 g/mol. The van der Waals surface area contributed by atoms with Crippen molar-refractivity contribution in [2.75, 3.05) is 34.0 Å². The van der Waals surface area contributed by atoms with Gasteiger partial charge in [-0.3, -0.25) is 4.79 Å². The van der Waals surface area contributed by atoms with Gasteiger partial charge in [0.2, 0.25) is 0 Å². The first kappa shape index (κ1) is 19.9. The Kier molecular flexibility index (Phi) is 14.4. The second-order valence-corrected chi connectivity index (χ2v) is 7.35. The fourth-order valence-electron chi connectivity index (χ4n) is 1.10. The Morgan fingerprint density at radius 3 is 1.89 bits per heavy atom. The zero-order chi connectivity index (χ0) is 14.4. The number of esters is 1. The first-order valence-corrected chi connectivity index (χ1v) is 8.79. The van der Waals surface area contributed by atoms with Gasteiger partial charge in [0, 0.05) is 34.4 Å². The fourth-order valence-corrected chi connectivity index (χ4v) is 2.46. The standard InChI is InChI=1S/C8H18O4Si.C4H10O/c1-8(9)12-6-5-7-13(4,10-2)11-3;1-3-5-4-2/h5-7H2,1-4H3;3-4H2,1-2H3. The summed E-state index contributed by atoms with van der Waals surface area (Å²) in [5, 5.41) is 0. The highest BCUT2D eigenvalue weighted by molar-refractivity contribution is 6.65. The second kappa shape index (κ2) is 13.0. The summed E-state index contributed by atoms with van der Waals surface area (Å²) < 4.78 is 20.2. The number of carbonyl (C=O) groups excluding carboxylic acids is 1. The lowest BCUT2D eigenvalue weighted by atomic mass is 10.5. The molecule has 110 valence electrons. The van der Waals surface area contributed by atoms with E-state index in [1.165, 1.54) is 6.92 Å². The molecule has 0 aliphatic carbocycles. The van der Waals surface area contributed by atoms with Crippen molar-refractivity contribution >= 4 is 14.5 Å². The van der Waals surface area contributed by atoms with Crippen LogP contribution in [0.15, 0.2) is 0 Å². The highest BCUT2D eigenvalue weighted by atomic mass is 28.4. The molecule has 0 aromatic rings. The molecule has 0 N–H and O–H groups in total. The zero-order valence-corrected chi connectivity index (χ0v) is 13.6. The third kappa shape index (κ3) is 13.6. The van der Waals surface area contributed by atoms with Gasteiger partial charge in [0.25, 0.3) is 0 Å². The Morgan fingerprint density at radius 2 is 1.61 bits per heavy atom. The minimum Gasteiger partial charge on any atom is -0.466 e. The smallest absolute Gasteiger partial charge is 0.334 e. The van der Waals surface area contributed by atoms with Gasteiger partial charge in [-0.2, -0.15) is 0 Å². The van der Waals surface area contributed by atoms with E-state index < -0.39 is 8.56 Å². The van der Waals surface area contributed by atoms with Crippen LogP contribution in [-0.2, 0) is 23.1 Å². The van der Waals surface area contributed by atoms with Crippen LogP contribution in [-0.4, -0.2) is 48.6 Å². The van der Waals surface area contributed by atoms with Gasteiger partial charge >= 0.3 is 14.5 Å². The van der Waals surface area contributed by atoms with E-state index in [-0.39, 0.29) is 5.97 Å². The molecule has 0 bridgehead atoms. The van der Waals surface area contributed by atoms with Gasteiger partial charge in [-0.15, -0.1) is 0 Å². The maximum Gasteiger partial charge on any atom is 0.334 e. The Balaban J connectivity index is 0. The maximum atomic E-state index is 10.4. The summed E-state index contributed by atoms with van der Waals surface area (Å²) in [6, 6.07) is 0.841. The first-order chi connectivity index (χ1) is 8.45. The molecule has 0 saturated heterocycles. The topological polar surface area (TPSA) is 54.0 Å². The molecule has 0 aliphatic rings. The summed E-state index contributed by atoms with van der Waals surface area (Å²) in [6.45, 7) is 9.51. The third-order valence-electron chi connectivity index (χ3n) is 2.35. The highest BCUT2D eigenvalue weighted by Crippen LogP contribution is 2.13. The van der Waals surface area contributed by atoms with E-state index in [2.05, 4.69) is 0 Å². The maximum absolute atomic E-state index is 10.4. The molecule has 18 heavy (non-hydrogen) atoms. The van der Waals surface area contributed by atoms with Gasteiger partial charge in [0.15, 0.2) is 0 Å². The molecule has 0 saturated carbocycles. The predicted molar refractivity (Wildman–Crippen MR) is 73.9 cm³/mol. The van der Waals surface area contributed by atoms with Crippen molar-refractivity contribution in [3.8, 4) is 0 Å². The molecule has 0 aromatic heterocycles. The number of rotatable bonds is 8. The molecular formula is C12H28O5Si. The molecule has 0 amide bonds. The summed E-state index contributed by atoms with van der Waals surface area (Å²) in [5.41, 5.74) is 0. The molecular weight excluding hydrogens is 252 g/mol. The molecule has 0 atom stereocenters. The van der Waals surface area contributed by atoms with Crippen LogP contribution in [0.5, 0.6) is 0 Å². The Hall–Kier alpha value is -0.433. The number of hydrogen-bond acceptors (Lipinski definition) is 5. The molecule has 5 nitrogen and oxygen atoms in total. The van der Waals surface area contributed by atoms with Crippen molar-refractivity contribution in [3.63, 3.8) is 0 Å². The van der Waals surface area contributed by atoms with Crippen molar-refractivity contribution in [2.24, 2.45) is 0 Å². The molecule has 0 fully saturated rings. The molecule has 0 unspecified atom stereocenters. The lowest BCUT2D eigenvalue weighted by Crippen LogP contribution is -2.36. The van der Waals surface area contributed by atoms with Crippen LogP contribution in [0.4, 0.5) is 0 Å². The van der Waals surface area contributed by atoms with Gasteiger partial charge in [-0.05, 0) is 32.9 Å². The molecule has 0 aliphatic heterocycles. The quantitative estimate of drug-likeness (QED) is 0.388. The van der Waals surface area contributed by atoms with Gasteiger partial charge in [-0.25, -0.2) is 0 Å². The van der Waals surface area contributed by atoms with E-state index in [0.717, 1.165) is 25.7 Å². The van der Waals surface area contributed by atoms with Crippen LogP contribution >= 0.6 is 0 Å². The van der Waals surface area contributed by atoms with Crippen molar-refractivity contribution in [2.45, 2.75) is 39.8 Å². The number of carbonyl (C=O) groups is 1. The Labute approximate surface area is 112 Å². The van der Waals surface area contributed by atoms with Gasteiger partial charge in [0.1, 0.15) is 0 Å². The summed E-state index contributed by atoms with van der Waals surface area (Å²) >= 11 is 0. The molecule has 0 spiro atoms. The molecule has 0 aromatic carbocycles. The SMILES string of the molecule is CCOCC.CO[Si](C)(CCCOC(C)=O)OC. The zero-order valence-electron chi connectivity index (χ0n) is 12.6. The normalized spacial score (nSPS) is 10.6. The van der Waals surface area contributed by atoms with Crippen LogP contribution in [0.1, 0.15) is 27.2 Å². The van der Waals surface area contributed by atoms with Gasteiger partial charge in [-0.1, -0.05) is 0 Å². The summed E-state index contributed by atoms with van der Waals surface area (Å²) in [5.74, 6) is -0.238. The minimum atomic E-state index is -1.96. The second-order valence-electron chi connectivity index (χ2n) is 3.77. The van der Waals surface area contributed by atoms with Crippen LogP contribution in [0.25, 0.3) is 0 Å². The van der Waals surface area contributed by atoms with E-state index in [1.54, 1.807) is 14.2 Å². The van der Waals surface area contributed by atoms with Crippen LogP contribution in [0.2, 0.25) is 12.6 Å². The van der Waals surface area contributed by atoms with Crippen molar-refractivity contribution in [1.82, 2.24) is 0 Å². The lowest BCUT2D eigenvalue weighted by Gasteiger charge is -2.22. The third-order valence-corrected chi connectivity index (χ3v) is 5.34. The predicted octanol–water partition coefficient (Wildman–Crippen LogP) is 2.35. The van der Waals surface area contributed by atoms with Crippen LogP contribution < -0.4 is 0 Å². The summed E-state index contributed by atoms with van der Waals surface area (Å²) in [7, 11) is 1.35. The molecule has 0 radical (unpaired) electrons. The van der Waals surface area contributed by atoms with E-state index in [1.807, 2.05) is 20.4 Å². The van der Waals surface area contributed by atoms with Crippen molar-refractivity contribution in [3.05, 3.63) is 0 Å². The van der Waals surface area contributed by atoms with E-state index in [4.69, 9.17) is 18.3 Å². The summed E-state index contributed by atoms with van der Waals surface area (Å²) in [6.07, 6.45) is 0.796. The number of hydrogen-bond donors (Lipinski definition) is 0. The van der Waals surface area contributed by atoms with Crippen molar-refractivity contribution in [1.29, 1.82) is 0 Å². The lowest BCUT2D eigenvalue weighted by molar-refractivity contribution is -0.140. The van der Waals surface area contributed by atoms with E-state index in [9.17, 15) is 4.79 Å². The van der Waals surface area contributed by atoms with E-state index >= 15 is 0 Å². The highest BCUT2D eigenvalue weighted by Gasteiger charge is 2.27.